The number of nitrogens with zero attached hydrogens (tertiary/aromatic N) is 1. The highest BCUT2D eigenvalue weighted by atomic mass is 16.4. The third-order valence-corrected chi connectivity index (χ3v) is 5.28. The Kier molecular flexibility index (Phi) is 3.27. The molecule has 4 heteroatoms. The lowest BCUT2D eigenvalue weighted by molar-refractivity contribution is -0.149. The summed E-state index contributed by atoms with van der Waals surface area (Å²) in [7, 11) is 0. The molecule has 0 bridgehead atoms. The van der Waals surface area contributed by atoms with Crippen LogP contribution in [0.25, 0.3) is 0 Å². The van der Waals surface area contributed by atoms with Crippen molar-refractivity contribution in [3.05, 3.63) is 34.9 Å². The van der Waals surface area contributed by atoms with Gasteiger partial charge in [0, 0.05) is 18.7 Å². The minimum atomic E-state index is -0.734. The zero-order valence-corrected chi connectivity index (χ0v) is 12.6. The Hall–Kier alpha value is -1.84. The molecule has 1 saturated heterocycles. The number of carboxylic acid groups (broad SMARTS) is 1. The van der Waals surface area contributed by atoms with E-state index in [4.69, 9.17) is 0 Å². The number of carboxylic acids is 1. The van der Waals surface area contributed by atoms with Crippen LogP contribution in [0, 0.1) is 25.2 Å². The van der Waals surface area contributed by atoms with Crippen molar-refractivity contribution in [1.82, 2.24) is 4.90 Å². The van der Waals surface area contributed by atoms with Gasteiger partial charge in [-0.25, -0.2) is 0 Å². The summed E-state index contributed by atoms with van der Waals surface area (Å²) in [6.45, 7) is 4.81. The number of carbonyl (C=O) groups is 2. The van der Waals surface area contributed by atoms with Gasteiger partial charge in [-0.05, 0) is 43.7 Å². The van der Waals surface area contributed by atoms with E-state index in [9.17, 15) is 14.7 Å². The maximum Gasteiger partial charge on any atom is 0.311 e. The first-order valence-electron chi connectivity index (χ1n) is 7.54. The van der Waals surface area contributed by atoms with Crippen molar-refractivity contribution in [1.29, 1.82) is 0 Å². The quantitative estimate of drug-likeness (QED) is 0.909. The molecular formula is C17H21NO3. The second-order valence-electron chi connectivity index (χ2n) is 6.50. The van der Waals surface area contributed by atoms with Crippen LogP contribution < -0.4 is 0 Å². The van der Waals surface area contributed by atoms with Crippen LogP contribution in [0.3, 0.4) is 0 Å². The molecule has 0 aromatic heterocycles. The molecule has 21 heavy (non-hydrogen) atoms. The second-order valence-corrected chi connectivity index (χ2v) is 6.50. The monoisotopic (exact) mass is 287 g/mol. The Morgan fingerprint density at radius 2 is 1.95 bits per heavy atom. The zero-order chi connectivity index (χ0) is 15.2. The number of hydrogen-bond acceptors (Lipinski definition) is 2. The molecule has 0 unspecified atom stereocenters. The molecule has 1 heterocycles. The summed E-state index contributed by atoms with van der Waals surface area (Å²) in [5.41, 5.74) is 1.95. The Bertz CT molecular complexity index is 590. The van der Waals surface area contributed by atoms with Crippen LogP contribution in [0.2, 0.25) is 0 Å². The Morgan fingerprint density at radius 1 is 1.29 bits per heavy atom. The molecule has 2 aliphatic rings. The van der Waals surface area contributed by atoms with Gasteiger partial charge in [0.15, 0.2) is 0 Å². The first-order valence-corrected chi connectivity index (χ1v) is 7.54. The molecule has 1 aliphatic carbocycles. The lowest BCUT2D eigenvalue weighted by Gasteiger charge is -2.24. The molecule has 1 saturated carbocycles. The van der Waals surface area contributed by atoms with Crippen LogP contribution in [0.1, 0.15) is 40.7 Å². The SMILES string of the molecule is Cc1cccc(C)c1C(=O)N1C[C@@H]2CCC[C@@]2(C(=O)O)C1. The van der Waals surface area contributed by atoms with Crippen molar-refractivity contribution in [2.24, 2.45) is 11.3 Å². The highest BCUT2D eigenvalue weighted by Gasteiger charge is 2.55. The fourth-order valence-corrected chi connectivity index (χ4v) is 4.10. The molecule has 2 atom stereocenters. The fraction of sp³-hybridized carbons (Fsp3) is 0.529. The van der Waals surface area contributed by atoms with E-state index >= 15 is 0 Å². The normalized spacial score (nSPS) is 27.7. The molecule has 0 spiro atoms. The lowest BCUT2D eigenvalue weighted by atomic mass is 9.81. The first-order chi connectivity index (χ1) is 9.95. The summed E-state index contributed by atoms with van der Waals surface area (Å²) in [6.07, 6.45) is 2.58. The van der Waals surface area contributed by atoms with Crippen molar-refractivity contribution in [3.8, 4) is 0 Å². The number of likely N-dealkylation sites (tertiary alicyclic amines) is 1. The van der Waals surface area contributed by atoms with Gasteiger partial charge in [-0.3, -0.25) is 9.59 Å². The highest BCUT2D eigenvalue weighted by molar-refractivity contribution is 5.97. The molecule has 0 radical (unpaired) electrons. The number of fused-ring (bicyclic) bond motifs is 1. The molecule has 3 rings (SSSR count). The summed E-state index contributed by atoms with van der Waals surface area (Å²) in [5.74, 6) is -0.634. The van der Waals surface area contributed by atoms with Gasteiger partial charge in [0.05, 0.1) is 5.41 Å². The number of aryl methyl sites for hydroxylation is 2. The predicted octanol–water partition coefficient (Wildman–Crippen LogP) is 2.63. The van der Waals surface area contributed by atoms with Gasteiger partial charge in [0.2, 0.25) is 0 Å². The second kappa shape index (κ2) is 4.86. The van der Waals surface area contributed by atoms with Crippen molar-refractivity contribution >= 4 is 11.9 Å². The molecule has 1 aromatic rings. The van der Waals surface area contributed by atoms with E-state index in [1.807, 2.05) is 32.0 Å². The van der Waals surface area contributed by atoms with Crippen LogP contribution in [-0.2, 0) is 4.79 Å². The number of hydrogen-bond donors (Lipinski definition) is 1. The van der Waals surface area contributed by atoms with Crippen molar-refractivity contribution < 1.29 is 14.7 Å². The van der Waals surface area contributed by atoms with Crippen molar-refractivity contribution in [3.63, 3.8) is 0 Å². The van der Waals surface area contributed by atoms with Crippen LogP contribution in [0.5, 0.6) is 0 Å². The van der Waals surface area contributed by atoms with Crippen LogP contribution in [0.4, 0.5) is 0 Å². The van der Waals surface area contributed by atoms with Crippen molar-refractivity contribution in [2.75, 3.05) is 13.1 Å². The standard InChI is InChI=1S/C17H21NO3/c1-11-5-3-6-12(2)14(11)15(19)18-9-13-7-4-8-17(13,10-18)16(20)21/h3,5-6,13H,4,7-10H2,1-2H3,(H,20,21)/t13-,17+/m0/s1. The Labute approximate surface area is 124 Å². The van der Waals surface area contributed by atoms with Crippen molar-refractivity contribution in [2.45, 2.75) is 33.1 Å². The molecule has 2 fully saturated rings. The van der Waals surface area contributed by atoms with Crippen LogP contribution in [0.15, 0.2) is 18.2 Å². The maximum atomic E-state index is 12.8. The van der Waals surface area contributed by atoms with Gasteiger partial charge in [-0.2, -0.15) is 0 Å². The van der Waals surface area contributed by atoms with E-state index in [0.29, 0.717) is 19.5 Å². The minimum absolute atomic E-state index is 0.0133. The third-order valence-electron chi connectivity index (χ3n) is 5.28. The number of benzene rings is 1. The topological polar surface area (TPSA) is 57.6 Å². The summed E-state index contributed by atoms with van der Waals surface area (Å²) in [4.78, 5) is 26.3. The van der Waals surface area contributed by atoms with Gasteiger partial charge >= 0.3 is 5.97 Å². The smallest absolute Gasteiger partial charge is 0.311 e. The lowest BCUT2D eigenvalue weighted by Crippen LogP contribution is -2.37. The maximum absolute atomic E-state index is 12.8. The summed E-state index contributed by atoms with van der Waals surface area (Å²) >= 11 is 0. The van der Waals surface area contributed by atoms with E-state index in [1.165, 1.54) is 0 Å². The average molecular weight is 287 g/mol. The summed E-state index contributed by atoms with van der Waals surface area (Å²) in [6, 6.07) is 5.81. The number of rotatable bonds is 2. The number of carbonyl (C=O) groups excluding carboxylic acids is 1. The van der Waals surface area contributed by atoms with Gasteiger partial charge in [0.25, 0.3) is 5.91 Å². The van der Waals surface area contributed by atoms with Crippen LogP contribution >= 0.6 is 0 Å². The average Bonchev–Trinajstić information content (AvgIpc) is 2.95. The van der Waals surface area contributed by atoms with E-state index in [1.54, 1.807) is 4.90 Å². The van der Waals surface area contributed by atoms with E-state index in [0.717, 1.165) is 29.5 Å². The number of aliphatic carboxylic acids is 1. The summed E-state index contributed by atoms with van der Waals surface area (Å²) in [5, 5.41) is 9.62. The largest absolute Gasteiger partial charge is 0.481 e. The van der Waals surface area contributed by atoms with E-state index in [2.05, 4.69) is 0 Å². The molecule has 1 N–H and O–H groups in total. The molecule has 1 aliphatic heterocycles. The Morgan fingerprint density at radius 3 is 2.52 bits per heavy atom. The molecule has 1 amide bonds. The Balaban J connectivity index is 1.90. The van der Waals surface area contributed by atoms with Crippen LogP contribution in [-0.4, -0.2) is 35.0 Å². The van der Waals surface area contributed by atoms with Gasteiger partial charge in [-0.15, -0.1) is 0 Å². The molecule has 112 valence electrons. The summed E-state index contributed by atoms with van der Waals surface area (Å²) < 4.78 is 0. The highest BCUT2D eigenvalue weighted by Crippen LogP contribution is 2.49. The number of amides is 1. The van der Waals surface area contributed by atoms with Gasteiger partial charge in [-0.1, -0.05) is 24.6 Å². The van der Waals surface area contributed by atoms with E-state index in [-0.39, 0.29) is 11.8 Å². The van der Waals surface area contributed by atoms with Gasteiger partial charge in [0.1, 0.15) is 0 Å². The third kappa shape index (κ3) is 2.04. The minimum Gasteiger partial charge on any atom is -0.481 e. The molecule has 4 nitrogen and oxygen atoms in total. The van der Waals surface area contributed by atoms with Gasteiger partial charge < -0.3 is 10.0 Å². The molecule has 1 aromatic carbocycles. The fourth-order valence-electron chi connectivity index (χ4n) is 4.10. The first kappa shape index (κ1) is 14.1. The molecular weight excluding hydrogens is 266 g/mol. The van der Waals surface area contributed by atoms with E-state index < -0.39 is 11.4 Å². The predicted molar refractivity (Wildman–Crippen MR) is 79.2 cm³/mol. The zero-order valence-electron chi connectivity index (χ0n) is 12.6.